The van der Waals surface area contributed by atoms with Crippen molar-refractivity contribution in [2.24, 2.45) is 0 Å². The van der Waals surface area contributed by atoms with Gasteiger partial charge in [-0.1, -0.05) is 18.2 Å². The number of aryl methyl sites for hydroxylation is 3. The molecule has 122 valence electrons. The van der Waals surface area contributed by atoms with Gasteiger partial charge in [-0.05, 0) is 50.3 Å². The second-order valence-corrected chi connectivity index (χ2v) is 7.08. The minimum Gasteiger partial charge on any atom is -0.267 e. The molecule has 0 atom stereocenters. The van der Waals surface area contributed by atoms with Crippen molar-refractivity contribution < 1.29 is 4.79 Å². The lowest BCUT2D eigenvalue weighted by Gasteiger charge is -2.12. The van der Waals surface area contributed by atoms with Gasteiger partial charge in [0.1, 0.15) is 10.7 Å². The highest BCUT2D eigenvalue weighted by atomic mass is 32.1. The number of rotatable bonds is 2. The Morgan fingerprint density at radius 1 is 1.21 bits per heavy atom. The third kappa shape index (κ3) is 2.43. The first kappa shape index (κ1) is 15.1. The van der Waals surface area contributed by atoms with E-state index < -0.39 is 0 Å². The zero-order chi connectivity index (χ0) is 16.7. The first-order valence-corrected chi connectivity index (χ1v) is 8.87. The average molecular weight is 339 g/mol. The number of hydrogen-bond donors (Lipinski definition) is 1. The van der Waals surface area contributed by atoms with Crippen molar-refractivity contribution in [3.8, 4) is 0 Å². The molecule has 1 aliphatic carbocycles. The van der Waals surface area contributed by atoms with Crippen molar-refractivity contribution in [3.63, 3.8) is 0 Å². The van der Waals surface area contributed by atoms with E-state index >= 15 is 0 Å². The van der Waals surface area contributed by atoms with Crippen molar-refractivity contribution >= 4 is 27.5 Å². The van der Waals surface area contributed by atoms with Gasteiger partial charge in [-0.25, -0.2) is 9.66 Å². The number of carbonyl (C=O) groups is 1. The Morgan fingerprint density at radius 2 is 1.96 bits per heavy atom. The molecule has 2 heterocycles. The van der Waals surface area contributed by atoms with E-state index in [9.17, 15) is 9.59 Å². The molecule has 0 aliphatic heterocycles. The molecule has 0 saturated heterocycles. The normalized spacial score (nSPS) is 13.7. The number of hydrogen-bond acceptors (Lipinski definition) is 4. The number of nitrogens with one attached hydrogen (secondary N) is 1. The average Bonchev–Trinajstić information content (AvgIpc) is 2.97. The summed E-state index contributed by atoms with van der Waals surface area (Å²) < 4.78 is 1.28. The Kier molecular flexibility index (Phi) is 3.69. The van der Waals surface area contributed by atoms with Crippen molar-refractivity contribution in [1.29, 1.82) is 0 Å². The van der Waals surface area contributed by atoms with Gasteiger partial charge in [0.05, 0.1) is 5.39 Å². The van der Waals surface area contributed by atoms with E-state index in [0.29, 0.717) is 16.8 Å². The molecule has 0 fully saturated rings. The van der Waals surface area contributed by atoms with Gasteiger partial charge in [-0.15, -0.1) is 11.3 Å². The largest absolute Gasteiger partial charge is 0.281 e. The summed E-state index contributed by atoms with van der Waals surface area (Å²) in [4.78, 5) is 32.0. The van der Waals surface area contributed by atoms with E-state index in [1.165, 1.54) is 9.55 Å². The van der Waals surface area contributed by atoms with Crippen LogP contribution in [0, 0.1) is 6.92 Å². The Hall–Kier alpha value is -2.47. The van der Waals surface area contributed by atoms with E-state index in [0.717, 1.165) is 36.1 Å². The second-order valence-electron chi connectivity index (χ2n) is 6.00. The maximum atomic E-state index is 13.0. The molecule has 0 spiro atoms. The standard InChI is InChI=1S/C18H17N3O2S/c1-11-19-17-15(13-9-5-6-10-14(13)24-17)18(23)21(11)20-16(22)12-7-3-2-4-8-12/h2-4,7-8H,5-6,9-10H2,1H3,(H,20,22). The SMILES string of the molecule is Cc1nc2sc3c(c2c(=O)n1NC(=O)c1ccccc1)CCCC3. The molecule has 1 aromatic carbocycles. The second kappa shape index (κ2) is 5.87. The monoisotopic (exact) mass is 339 g/mol. The number of nitrogens with zero attached hydrogens (tertiary/aromatic N) is 2. The first-order chi connectivity index (χ1) is 11.6. The summed E-state index contributed by atoms with van der Waals surface area (Å²) in [6.45, 7) is 1.74. The van der Waals surface area contributed by atoms with Crippen LogP contribution >= 0.6 is 11.3 Å². The van der Waals surface area contributed by atoms with Gasteiger partial charge in [0.2, 0.25) is 0 Å². The van der Waals surface area contributed by atoms with Crippen LogP contribution in [0.1, 0.15) is 39.5 Å². The molecule has 3 aromatic rings. The molecular formula is C18H17N3O2S. The smallest absolute Gasteiger partial charge is 0.267 e. The predicted molar refractivity (Wildman–Crippen MR) is 95.4 cm³/mol. The lowest BCUT2D eigenvalue weighted by Crippen LogP contribution is -2.35. The van der Waals surface area contributed by atoms with Gasteiger partial charge in [0.25, 0.3) is 11.5 Å². The van der Waals surface area contributed by atoms with Crippen LogP contribution in [-0.2, 0) is 12.8 Å². The molecule has 4 rings (SSSR count). The van der Waals surface area contributed by atoms with E-state index in [2.05, 4.69) is 10.4 Å². The molecule has 0 saturated carbocycles. The van der Waals surface area contributed by atoms with Crippen molar-refractivity contribution in [2.45, 2.75) is 32.6 Å². The fraction of sp³-hybridized carbons (Fsp3) is 0.278. The number of amides is 1. The Balaban J connectivity index is 1.81. The lowest BCUT2D eigenvalue weighted by molar-refractivity contribution is 0.101. The van der Waals surface area contributed by atoms with E-state index in [1.54, 1.807) is 42.5 Å². The van der Waals surface area contributed by atoms with Gasteiger partial charge in [-0.2, -0.15) is 0 Å². The Labute approximate surface area is 142 Å². The molecule has 1 N–H and O–H groups in total. The quantitative estimate of drug-likeness (QED) is 0.780. The molecule has 0 bridgehead atoms. The van der Waals surface area contributed by atoms with Crippen molar-refractivity contribution in [2.75, 3.05) is 5.43 Å². The molecule has 0 radical (unpaired) electrons. The van der Waals surface area contributed by atoms with Gasteiger partial charge in [-0.3, -0.25) is 15.0 Å². The van der Waals surface area contributed by atoms with E-state index in [1.807, 2.05) is 6.07 Å². The first-order valence-electron chi connectivity index (χ1n) is 8.05. The predicted octanol–water partition coefficient (Wildman–Crippen LogP) is 3.03. The Morgan fingerprint density at radius 3 is 2.75 bits per heavy atom. The number of aromatic nitrogens is 2. The molecule has 0 unspecified atom stereocenters. The number of carbonyl (C=O) groups excluding carboxylic acids is 1. The third-order valence-electron chi connectivity index (χ3n) is 4.41. The minimum atomic E-state index is -0.314. The van der Waals surface area contributed by atoms with Crippen LogP contribution in [0.15, 0.2) is 35.1 Å². The Bertz CT molecular complexity index is 989. The molecule has 5 nitrogen and oxygen atoms in total. The number of benzene rings is 1. The molecular weight excluding hydrogens is 322 g/mol. The van der Waals surface area contributed by atoms with Crippen molar-refractivity contribution in [3.05, 3.63) is 62.5 Å². The van der Waals surface area contributed by atoms with Crippen LogP contribution in [0.2, 0.25) is 0 Å². The maximum absolute atomic E-state index is 13.0. The van der Waals surface area contributed by atoms with Gasteiger partial charge in [0, 0.05) is 10.4 Å². The van der Waals surface area contributed by atoms with Crippen molar-refractivity contribution in [1.82, 2.24) is 9.66 Å². The summed E-state index contributed by atoms with van der Waals surface area (Å²) in [5.41, 5.74) is 4.15. The van der Waals surface area contributed by atoms with E-state index in [4.69, 9.17) is 0 Å². The molecule has 24 heavy (non-hydrogen) atoms. The van der Waals surface area contributed by atoms with Gasteiger partial charge < -0.3 is 0 Å². The minimum absolute atomic E-state index is 0.179. The highest BCUT2D eigenvalue weighted by molar-refractivity contribution is 7.18. The molecule has 2 aromatic heterocycles. The summed E-state index contributed by atoms with van der Waals surface area (Å²) >= 11 is 1.61. The van der Waals surface area contributed by atoms with Crippen LogP contribution in [0.3, 0.4) is 0 Å². The highest BCUT2D eigenvalue weighted by Crippen LogP contribution is 2.33. The molecule has 6 heteroatoms. The molecule has 1 amide bonds. The van der Waals surface area contributed by atoms with Crippen LogP contribution in [-0.4, -0.2) is 15.6 Å². The zero-order valence-electron chi connectivity index (χ0n) is 13.3. The zero-order valence-corrected chi connectivity index (χ0v) is 14.2. The lowest BCUT2D eigenvalue weighted by atomic mass is 9.97. The summed E-state index contributed by atoms with van der Waals surface area (Å²) in [6.07, 6.45) is 4.20. The van der Waals surface area contributed by atoms with Crippen LogP contribution in [0.4, 0.5) is 0 Å². The highest BCUT2D eigenvalue weighted by Gasteiger charge is 2.21. The number of fused-ring (bicyclic) bond motifs is 3. The summed E-state index contributed by atoms with van der Waals surface area (Å²) in [5.74, 6) is 0.182. The number of thiophene rings is 1. The topological polar surface area (TPSA) is 64.0 Å². The van der Waals surface area contributed by atoms with Crippen LogP contribution in [0.25, 0.3) is 10.2 Å². The molecule has 1 aliphatic rings. The fourth-order valence-electron chi connectivity index (χ4n) is 3.19. The van der Waals surface area contributed by atoms with E-state index in [-0.39, 0.29) is 11.5 Å². The van der Waals surface area contributed by atoms with Gasteiger partial charge in [0.15, 0.2) is 0 Å². The maximum Gasteiger partial charge on any atom is 0.281 e. The fourth-order valence-corrected chi connectivity index (χ4v) is 4.49. The van der Waals surface area contributed by atoms with Crippen LogP contribution < -0.4 is 11.0 Å². The summed E-state index contributed by atoms with van der Waals surface area (Å²) in [6, 6.07) is 8.87. The summed E-state index contributed by atoms with van der Waals surface area (Å²) in [5, 5.41) is 0.675. The third-order valence-corrected chi connectivity index (χ3v) is 5.59. The summed E-state index contributed by atoms with van der Waals surface area (Å²) in [7, 11) is 0. The van der Waals surface area contributed by atoms with Gasteiger partial charge >= 0.3 is 0 Å². The van der Waals surface area contributed by atoms with Crippen LogP contribution in [0.5, 0.6) is 0 Å².